The molecule has 2 aromatic rings. The highest BCUT2D eigenvalue weighted by Crippen LogP contribution is 2.21. The van der Waals surface area contributed by atoms with Crippen LogP contribution in [0.4, 0.5) is 0 Å². The Balaban J connectivity index is 1.93. The average molecular weight is 325 g/mol. The molecule has 0 radical (unpaired) electrons. The molecular formula is C14H14Cl2N4O. The number of halogens is 2. The largest absolute Gasteiger partial charge is 0.271 e. The third kappa shape index (κ3) is 4.31. The first-order valence-corrected chi connectivity index (χ1v) is 6.99. The van der Waals surface area contributed by atoms with Crippen LogP contribution in [-0.2, 0) is 11.3 Å². The number of nitrogens with zero attached hydrogens (tertiary/aromatic N) is 3. The number of aromatic nitrogens is 2. The van der Waals surface area contributed by atoms with Gasteiger partial charge in [0.25, 0.3) is 5.91 Å². The predicted molar refractivity (Wildman–Crippen MR) is 83.9 cm³/mol. The van der Waals surface area contributed by atoms with E-state index in [0.29, 0.717) is 10.0 Å². The molecule has 1 aromatic heterocycles. The Bertz CT molecular complexity index is 694. The molecule has 21 heavy (non-hydrogen) atoms. The van der Waals surface area contributed by atoms with E-state index in [2.05, 4.69) is 15.6 Å². The van der Waals surface area contributed by atoms with Gasteiger partial charge in [-0.2, -0.15) is 10.2 Å². The zero-order chi connectivity index (χ0) is 15.4. The van der Waals surface area contributed by atoms with E-state index in [9.17, 15) is 4.79 Å². The SMILES string of the molecule is Cc1cc(C)n(CC(=O)N/N=C\c2ccc(Cl)c(Cl)c2)n1. The molecule has 0 saturated heterocycles. The fourth-order valence-electron chi connectivity index (χ4n) is 1.78. The summed E-state index contributed by atoms with van der Waals surface area (Å²) in [5.74, 6) is -0.252. The highest BCUT2D eigenvalue weighted by atomic mass is 35.5. The number of aryl methyl sites for hydroxylation is 2. The van der Waals surface area contributed by atoms with Gasteiger partial charge in [-0.15, -0.1) is 0 Å². The molecular weight excluding hydrogens is 311 g/mol. The van der Waals surface area contributed by atoms with Gasteiger partial charge in [-0.25, -0.2) is 5.43 Å². The van der Waals surface area contributed by atoms with Crippen LogP contribution in [0, 0.1) is 13.8 Å². The van der Waals surface area contributed by atoms with Gasteiger partial charge in [0.05, 0.1) is 22.0 Å². The maximum atomic E-state index is 11.8. The van der Waals surface area contributed by atoms with Crippen LogP contribution in [0.2, 0.25) is 10.0 Å². The second kappa shape index (κ2) is 6.74. The van der Waals surface area contributed by atoms with Crippen molar-refractivity contribution in [1.82, 2.24) is 15.2 Å². The Morgan fingerprint density at radius 2 is 2.10 bits per heavy atom. The maximum Gasteiger partial charge on any atom is 0.261 e. The lowest BCUT2D eigenvalue weighted by Crippen LogP contribution is -2.24. The zero-order valence-electron chi connectivity index (χ0n) is 11.6. The minimum atomic E-state index is -0.252. The summed E-state index contributed by atoms with van der Waals surface area (Å²) in [6, 6.07) is 7.00. The fourth-order valence-corrected chi connectivity index (χ4v) is 2.08. The molecule has 0 saturated carbocycles. The number of nitrogens with one attached hydrogen (secondary N) is 1. The standard InChI is InChI=1S/C14H14Cl2N4O/c1-9-5-10(2)20(19-9)8-14(21)18-17-7-11-3-4-12(15)13(16)6-11/h3-7H,8H2,1-2H3,(H,18,21)/b17-7-. The molecule has 0 bridgehead atoms. The van der Waals surface area contributed by atoms with Gasteiger partial charge in [-0.1, -0.05) is 29.3 Å². The molecule has 0 unspecified atom stereocenters. The van der Waals surface area contributed by atoms with Crippen molar-refractivity contribution in [2.75, 3.05) is 0 Å². The molecule has 0 spiro atoms. The summed E-state index contributed by atoms with van der Waals surface area (Å²) in [6.07, 6.45) is 1.50. The van der Waals surface area contributed by atoms with Crippen molar-refractivity contribution in [1.29, 1.82) is 0 Å². The summed E-state index contributed by atoms with van der Waals surface area (Å²) < 4.78 is 1.62. The van der Waals surface area contributed by atoms with Crippen molar-refractivity contribution in [3.8, 4) is 0 Å². The lowest BCUT2D eigenvalue weighted by Gasteiger charge is -2.02. The number of rotatable bonds is 4. The maximum absolute atomic E-state index is 11.8. The van der Waals surface area contributed by atoms with Gasteiger partial charge >= 0.3 is 0 Å². The minimum absolute atomic E-state index is 0.123. The summed E-state index contributed by atoms with van der Waals surface area (Å²) in [4.78, 5) is 11.8. The highest BCUT2D eigenvalue weighted by Gasteiger charge is 2.05. The van der Waals surface area contributed by atoms with Crippen LogP contribution in [0.3, 0.4) is 0 Å². The first kappa shape index (κ1) is 15.5. The lowest BCUT2D eigenvalue weighted by molar-refractivity contribution is -0.121. The Morgan fingerprint density at radius 1 is 1.33 bits per heavy atom. The summed E-state index contributed by atoms with van der Waals surface area (Å²) >= 11 is 11.7. The van der Waals surface area contributed by atoms with E-state index in [1.54, 1.807) is 22.9 Å². The van der Waals surface area contributed by atoms with Gasteiger partial charge in [0.2, 0.25) is 0 Å². The van der Waals surface area contributed by atoms with Crippen molar-refractivity contribution in [3.05, 3.63) is 51.3 Å². The van der Waals surface area contributed by atoms with E-state index in [-0.39, 0.29) is 12.5 Å². The van der Waals surface area contributed by atoms with Crippen molar-refractivity contribution < 1.29 is 4.79 Å². The molecule has 0 atom stereocenters. The smallest absolute Gasteiger partial charge is 0.261 e. The first-order chi connectivity index (χ1) is 9.95. The van der Waals surface area contributed by atoms with Crippen molar-refractivity contribution in [2.24, 2.45) is 5.10 Å². The van der Waals surface area contributed by atoms with E-state index < -0.39 is 0 Å². The molecule has 0 aliphatic rings. The Kier molecular flexibility index (Phi) is 4.98. The van der Waals surface area contributed by atoms with E-state index in [4.69, 9.17) is 23.2 Å². The van der Waals surface area contributed by atoms with Crippen LogP contribution in [0.15, 0.2) is 29.4 Å². The van der Waals surface area contributed by atoms with Gasteiger partial charge in [0.15, 0.2) is 0 Å². The molecule has 1 amide bonds. The summed E-state index contributed by atoms with van der Waals surface area (Å²) in [7, 11) is 0. The average Bonchev–Trinajstić information content (AvgIpc) is 2.72. The molecule has 1 heterocycles. The van der Waals surface area contributed by atoms with Gasteiger partial charge in [0.1, 0.15) is 6.54 Å². The normalized spacial score (nSPS) is 11.0. The van der Waals surface area contributed by atoms with Gasteiger partial charge in [0, 0.05) is 5.69 Å². The predicted octanol–water partition coefficient (Wildman–Crippen LogP) is 2.96. The van der Waals surface area contributed by atoms with Crippen molar-refractivity contribution in [3.63, 3.8) is 0 Å². The van der Waals surface area contributed by atoms with Crippen LogP contribution in [0.1, 0.15) is 17.0 Å². The van der Waals surface area contributed by atoms with Crippen LogP contribution in [0.25, 0.3) is 0 Å². The third-order valence-electron chi connectivity index (χ3n) is 2.74. The molecule has 5 nitrogen and oxygen atoms in total. The lowest BCUT2D eigenvalue weighted by atomic mass is 10.2. The monoisotopic (exact) mass is 324 g/mol. The number of benzene rings is 1. The third-order valence-corrected chi connectivity index (χ3v) is 3.48. The van der Waals surface area contributed by atoms with E-state index in [0.717, 1.165) is 17.0 Å². The summed E-state index contributed by atoms with van der Waals surface area (Å²) in [6.45, 7) is 3.90. The molecule has 110 valence electrons. The van der Waals surface area contributed by atoms with E-state index in [1.807, 2.05) is 19.9 Å². The number of hydrogen-bond donors (Lipinski definition) is 1. The van der Waals surface area contributed by atoms with E-state index in [1.165, 1.54) is 6.21 Å². The highest BCUT2D eigenvalue weighted by molar-refractivity contribution is 6.42. The number of hydrogen-bond acceptors (Lipinski definition) is 3. The first-order valence-electron chi connectivity index (χ1n) is 6.23. The second-order valence-corrected chi connectivity index (χ2v) is 5.37. The molecule has 0 fully saturated rings. The number of carbonyl (C=O) groups is 1. The summed E-state index contributed by atoms with van der Waals surface area (Å²) in [5, 5.41) is 9.00. The molecule has 0 aliphatic heterocycles. The number of amides is 1. The Morgan fingerprint density at radius 3 is 2.71 bits per heavy atom. The second-order valence-electron chi connectivity index (χ2n) is 4.55. The van der Waals surface area contributed by atoms with Crippen LogP contribution >= 0.6 is 23.2 Å². The minimum Gasteiger partial charge on any atom is -0.271 e. The van der Waals surface area contributed by atoms with Crippen molar-refractivity contribution >= 4 is 35.3 Å². The molecule has 1 aromatic carbocycles. The Labute approximate surface area is 132 Å². The molecule has 7 heteroatoms. The van der Waals surface area contributed by atoms with Gasteiger partial charge in [-0.3, -0.25) is 9.48 Å². The number of hydrazone groups is 1. The van der Waals surface area contributed by atoms with E-state index >= 15 is 0 Å². The molecule has 1 N–H and O–H groups in total. The molecule has 0 aliphatic carbocycles. The van der Waals surface area contributed by atoms with Gasteiger partial charge < -0.3 is 0 Å². The van der Waals surface area contributed by atoms with Crippen LogP contribution < -0.4 is 5.43 Å². The molecule has 2 rings (SSSR count). The van der Waals surface area contributed by atoms with Gasteiger partial charge in [-0.05, 0) is 37.6 Å². The number of carbonyl (C=O) groups excluding carboxylic acids is 1. The fraction of sp³-hybridized carbons (Fsp3) is 0.214. The van der Waals surface area contributed by atoms with Crippen LogP contribution in [0.5, 0.6) is 0 Å². The topological polar surface area (TPSA) is 59.3 Å². The quantitative estimate of drug-likeness (QED) is 0.694. The Hall–Kier alpha value is -1.85. The zero-order valence-corrected chi connectivity index (χ0v) is 13.1. The van der Waals surface area contributed by atoms with Crippen LogP contribution in [-0.4, -0.2) is 21.9 Å². The summed E-state index contributed by atoms with van der Waals surface area (Å²) in [5.41, 5.74) is 4.99. The van der Waals surface area contributed by atoms with Crippen molar-refractivity contribution in [2.45, 2.75) is 20.4 Å².